The number of hydrogen-bond donors (Lipinski definition) is 2. The molecular formula is C28H28Cl2N2O4S. The van der Waals surface area contributed by atoms with E-state index in [0.717, 1.165) is 41.8 Å². The number of carbonyl (C=O) groups is 2. The second kappa shape index (κ2) is 10.9. The van der Waals surface area contributed by atoms with Crippen LogP contribution in [0.4, 0.5) is 5.13 Å². The van der Waals surface area contributed by atoms with Crippen molar-refractivity contribution in [1.29, 1.82) is 0 Å². The van der Waals surface area contributed by atoms with Crippen molar-refractivity contribution in [3.63, 3.8) is 0 Å². The van der Waals surface area contributed by atoms with E-state index in [-0.39, 0.29) is 32.3 Å². The molecule has 6 nitrogen and oxygen atoms in total. The number of carboxylic acids is 1. The molecule has 0 aliphatic heterocycles. The fourth-order valence-electron chi connectivity index (χ4n) is 4.28. The quantitative estimate of drug-likeness (QED) is 0.231. The minimum Gasteiger partial charge on any atom is -0.490 e. The molecule has 1 aliphatic rings. The molecular weight excluding hydrogens is 531 g/mol. The Labute approximate surface area is 230 Å². The molecule has 0 unspecified atom stereocenters. The van der Waals surface area contributed by atoms with Gasteiger partial charge in [0, 0.05) is 21.6 Å². The normalized spacial score (nSPS) is 13.1. The van der Waals surface area contributed by atoms with Gasteiger partial charge in [0.15, 0.2) is 5.13 Å². The number of benzene rings is 2. The number of aryl methyl sites for hydroxylation is 2. The summed E-state index contributed by atoms with van der Waals surface area (Å²) in [6, 6.07) is 9.28. The first kappa shape index (κ1) is 27.2. The third kappa shape index (κ3) is 6.17. The van der Waals surface area contributed by atoms with Crippen LogP contribution in [0.3, 0.4) is 0 Å². The molecule has 0 fully saturated rings. The molecule has 1 heterocycles. The maximum atomic E-state index is 13.0. The van der Waals surface area contributed by atoms with Gasteiger partial charge in [0.25, 0.3) is 5.91 Å². The number of ether oxygens (including phenoxy) is 1. The van der Waals surface area contributed by atoms with Gasteiger partial charge in [-0.1, -0.05) is 62.2 Å². The molecule has 0 spiro atoms. The summed E-state index contributed by atoms with van der Waals surface area (Å²) in [5, 5.41) is 12.8. The molecule has 4 rings (SSSR count). The SMILES string of the molecule is CO/C(=C/c1c(Cl)cc(C(=O)Nc2nc3c(s2)CCc2c(CCC(C)(C)C)cccc2-3)cc1Cl)C(=O)O. The summed E-state index contributed by atoms with van der Waals surface area (Å²) in [7, 11) is 1.24. The zero-order chi connectivity index (χ0) is 26.9. The van der Waals surface area contributed by atoms with E-state index in [1.165, 1.54) is 47.8 Å². The lowest BCUT2D eigenvalue weighted by Gasteiger charge is -2.22. The lowest BCUT2D eigenvalue weighted by atomic mass is 9.84. The maximum Gasteiger partial charge on any atom is 0.371 e. The standard InChI is InChI=1S/C28H28Cl2N2O4S/c1-28(2,3)11-10-15-6-5-7-18-17(15)8-9-23-24(18)31-27(37-23)32-25(33)16-12-20(29)19(21(30)13-16)14-22(36-4)26(34)35/h5-7,12-14H,8-11H2,1-4H3,(H,34,35)(H,31,32,33)/b22-14+. The van der Waals surface area contributed by atoms with Gasteiger partial charge in [-0.2, -0.15) is 0 Å². The summed E-state index contributed by atoms with van der Waals surface area (Å²) in [5.74, 6) is -1.99. The second-order valence-electron chi connectivity index (χ2n) is 10.1. The Hall–Kier alpha value is -2.87. The molecule has 0 atom stereocenters. The number of amides is 1. The van der Waals surface area contributed by atoms with Crippen LogP contribution in [0.1, 0.15) is 59.1 Å². The number of nitrogens with zero attached hydrogens (tertiary/aromatic N) is 1. The van der Waals surface area contributed by atoms with Gasteiger partial charge in [0.1, 0.15) is 0 Å². The molecule has 2 N–H and O–H groups in total. The van der Waals surface area contributed by atoms with E-state index >= 15 is 0 Å². The zero-order valence-electron chi connectivity index (χ0n) is 21.1. The van der Waals surface area contributed by atoms with E-state index in [9.17, 15) is 14.7 Å². The number of halogens is 2. The molecule has 0 radical (unpaired) electrons. The average molecular weight is 560 g/mol. The van der Waals surface area contributed by atoms with Gasteiger partial charge in [-0.05, 0) is 60.4 Å². The van der Waals surface area contributed by atoms with E-state index in [4.69, 9.17) is 32.9 Å². The van der Waals surface area contributed by atoms with Crippen molar-refractivity contribution in [1.82, 2.24) is 4.98 Å². The van der Waals surface area contributed by atoms with Gasteiger partial charge in [-0.3, -0.25) is 10.1 Å². The second-order valence-corrected chi connectivity index (χ2v) is 12.0. The van der Waals surface area contributed by atoms with Crippen molar-refractivity contribution in [2.75, 3.05) is 12.4 Å². The highest BCUT2D eigenvalue weighted by Crippen LogP contribution is 2.40. The third-order valence-electron chi connectivity index (χ3n) is 6.24. The number of aromatic nitrogens is 1. The molecule has 1 aliphatic carbocycles. The first-order valence-electron chi connectivity index (χ1n) is 11.9. The molecule has 9 heteroatoms. The van der Waals surface area contributed by atoms with Gasteiger partial charge < -0.3 is 9.84 Å². The molecule has 0 saturated heterocycles. The summed E-state index contributed by atoms with van der Waals surface area (Å²) in [5.41, 5.74) is 5.54. The first-order chi connectivity index (χ1) is 17.5. The monoisotopic (exact) mass is 558 g/mol. The lowest BCUT2D eigenvalue weighted by Crippen LogP contribution is -2.12. The van der Waals surface area contributed by atoms with Gasteiger partial charge in [-0.25, -0.2) is 9.78 Å². The van der Waals surface area contributed by atoms with Crippen molar-refractivity contribution in [2.45, 2.75) is 46.5 Å². The predicted octanol–water partition coefficient (Wildman–Crippen LogP) is 7.52. The third-order valence-corrected chi connectivity index (χ3v) is 7.90. The summed E-state index contributed by atoms with van der Waals surface area (Å²) in [6.07, 6.45) is 5.19. The number of nitrogens with one attached hydrogen (secondary N) is 1. The van der Waals surface area contributed by atoms with Crippen LogP contribution in [0.25, 0.3) is 17.3 Å². The van der Waals surface area contributed by atoms with Gasteiger partial charge in [0.05, 0.1) is 22.8 Å². The van der Waals surface area contributed by atoms with Crippen LogP contribution in [0.2, 0.25) is 10.0 Å². The van der Waals surface area contributed by atoms with Crippen LogP contribution in [0.15, 0.2) is 36.1 Å². The van der Waals surface area contributed by atoms with E-state index < -0.39 is 11.9 Å². The molecule has 0 saturated carbocycles. The Morgan fingerprint density at radius 2 is 1.89 bits per heavy atom. The van der Waals surface area contributed by atoms with Crippen LogP contribution in [-0.2, 0) is 28.8 Å². The minimum absolute atomic E-state index is 0.128. The number of thiazole rings is 1. The van der Waals surface area contributed by atoms with Crippen molar-refractivity contribution in [3.05, 3.63) is 73.3 Å². The molecule has 1 amide bonds. The van der Waals surface area contributed by atoms with Crippen molar-refractivity contribution in [2.24, 2.45) is 5.41 Å². The van der Waals surface area contributed by atoms with Crippen molar-refractivity contribution < 1.29 is 19.4 Å². The molecule has 1 aromatic heterocycles. The van der Waals surface area contributed by atoms with Crippen LogP contribution < -0.4 is 5.32 Å². The van der Waals surface area contributed by atoms with Gasteiger partial charge in [-0.15, -0.1) is 11.3 Å². The number of carboxylic acid groups (broad SMARTS) is 1. The summed E-state index contributed by atoms with van der Waals surface area (Å²) < 4.78 is 4.84. The average Bonchev–Trinajstić information content (AvgIpc) is 3.24. The lowest BCUT2D eigenvalue weighted by molar-refractivity contribution is -0.135. The minimum atomic E-state index is -1.26. The van der Waals surface area contributed by atoms with Crippen LogP contribution >= 0.6 is 34.5 Å². The number of fused-ring (bicyclic) bond motifs is 3. The number of hydrogen-bond acceptors (Lipinski definition) is 5. The van der Waals surface area contributed by atoms with E-state index in [1.807, 2.05) is 0 Å². The van der Waals surface area contributed by atoms with Crippen molar-refractivity contribution in [3.8, 4) is 11.3 Å². The van der Waals surface area contributed by atoms with E-state index in [0.29, 0.717) is 5.13 Å². The molecule has 3 aromatic rings. The van der Waals surface area contributed by atoms with Crippen LogP contribution in [-0.4, -0.2) is 29.1 Å². The summed E-state index contributed by atoms with van der Waals surface area (Å²) >= 11 is 14.1. The summed E-state index contributed by atoms with van der Waals surface area (Å²) in [4.78, 5) is 30.2. The Bertz CT molecular complexity index is 1380. The van der Waals surface area contributed by atoms with E-state index in [2.05, 4.69) is 44.3 Å². The summed E-state index contributed by atoms with van der Waals surface area (Å²) in [6.45, 7) is 6.77. The zero-order valence-corrected chi connectivity index (χ0v) is 23.4. The highest BCUT2D eigenvalue weighted by atomic mass is 35.5. The topological polar surface area (TPSA) is 88.5 Å². The largest absolute Gasteiger partial charge is 0.490 e. The Morgan fingerprint density at radius 3 is 2.51 bits per heavy atom. The van der Waals surface area contributed by atoms with Gasteiger partial charge >= 0.3 is 5.97 Å². The molecule has 194 valence electrons. The predicted molar refractivity (Wildman–Crippen MR) is 150 cm³/mol. The van der Waals surface area contributed by atoms with Crippen molar-refractivity contribution >= 4 is 57.6 Å². The van der Waals surface area contributed by atoms with Gasteiger partial charge in [0.2, 0.25) is 5.76 Å². The number of rotatable bonds is 7. The molecule has 0 bridgehead atoms. The Morgan fingerprint density at radius 1 is 1.19 bits per heavy atom. The van der Waals surface area contributed by atoms with Crippen LogP contribution in [0, 0.1) is 5.41 Å². The fourth-order valence-corrected chi connectivity index (χ4v) is 5.85. The molecule has 2 aromatic carbocycles. The number of anilines is 1. The molecule has 37 heavy (non-hydrogen) atoms. The Balaban J connectivity index is 1.57. The first-order valence-corrected chi connectivity index (χ1v) is 13.4. The highest BCUT2D eigenvalue weighted by molar-refractivity contribution is 7.16. The number of methoxy groups -OCH3 is 1. The number of aliphatic carboxylic acids is 1. The number of carbonyl (C=O) groups excluding carboxylic acids is 1. The van der Waals surface area contributed by atoms with E-state index in [1.54, 1.807) is 0 Å². The fraction of sp³-hybridized carbons (Fsp3) is 0.321. The highest BCUT2D eigenvalue weighted by Gasteiger charge is 2.24. The Kier molecular flexibility index (Phi) is 7.97. The maximum absolute atomic E-state index is 13.0. The van der Waals surface area contributed by atoms with Crippen LogP contribution in [0.5, 0.6) is 0 Å². The smallest absolute Gasteiger partial charge is 0.371 e.